The number of imidazole rings is 2. The minimum Gasteiger partial charge on any atom is -0.344 e. The largest absolute Gasteiger partial charge is 0.344 e. The van der Waals surface area contributed by atoms with E-state index in [0.717, 1.165) is 65.0 Å². The van der Waals surface area contributed by atoms with Crippen LogP contribution in [-0.2, 0) is 20.9 Å². The number of carbonyl (C=O) groups is 3. The average Bonchev–Trinajstić information content (AvgIpc) is 3.81. The lowest BCUT2D eigenvalue weighted by atomic mass is 10.0. The number of aromatic nitrogens is 4. The van der Waals surface area contributed by atoms with Gasteiger partial charge in [-0.2, -0.15) is 0 Å². The quantitative estimate of drug-likeness (QED) is 0.173. The van der Waals surface area contributed by atoms with E-state index in [1.165, 1.54) is 6.92 Å². The Morgan fingerprint density at radius 2 is 1.77 bits per heavy atom. The molecule has 0 spiro atoms. The molecule has 3 N–H and O–H groups in total. The van der Waals surface area contributed by atoms with E-state index in [0.29, 0.717) is 31.3 Å². The van der Waals surface area contributed by atoms with Gasteiger partial charge in [0.05, 0.1) is 35.5 Å². The Morgan fingerprint density at radius 3 is 2.46 bits per heavy atom. The summed E-state index contributed by atoms with van der Waals surface area (Å²) in [5, 5.41) is 2.80. The van der Waals surface area contributed by atoms with Crippen LogP contribution in [0.2, 0.25) is 0 Å². The fourth-order valence-corrected chi connectivity index (χ4v) is 6.20. The highest BCUT2D eigenvalue weighted by Crippen LogP contribution is 2.32. The predicted molar refractivity (Wildman–Crippen MR) is 187 cm³/mol. The highest BCUT2D eigenvalue weighted by Gasteiger charge is 2.32. The lowest BCUT2D eigenvalue weighted by molar-refractivity contribution is -0.138. The summed E-state index contributed by atoms with van der Waals surface area (Å²) in [5.41, 5.74) is 5.36. The Labute approximate surface area is 283 Å². The second kappa shape index (κ2) is 15.3. The van der Waals surface area contributed by atoms with E-state index in [4.69, 9.17) is 4.98 Å². The zero-order valence-electron chi connectivity index (χ0n) is 28.9. The van der Waals surface area contributed by atoms with Crippen LogP contribution in [0.25, 0.3) is 22.3 Å². The first-order chi connectivity index (χ1) is 23.0. The standard InChI is InChI=1S/C38H47N7O3/c1-7-18-44(38(48)36(25(4)5)40-26(6)46)23-34-39-22-32(41-34)29-15-12-27(13-16-29)10-11-28-14-17-30-31(21-28)43-37(42-30)33-9-8-19-45(33)35(47)20-24(2)3/h12-17,21-22,24-25,33,36H,7-9,18-20,23H2,1-6H3,(H,39,41)(H,40,46)(H,42,43)/t33-,36-/m0/s1. The van der Waals surface area contributed by atoms with E-state index in [1.54, 1.807) is 11.1 Å². The van der Waals surface area contributed by atoms with Crippen molar-refractivity contribution in [2.45, 2.75) is 85.9 Å². The van der Waals surface area contributed by atoms with Gasteiger partial charge in [-0.1, -0.05) is 58.6 Å². The molecule has 3 heterocycles. The van der Waals surface area contributed by atoms with E-state index >= 15 is 0 Å². The van der Waals surface area contributed by atoms with Crippen molar-refractivity contribution in [2.24, 2.45) is 11.8 Å². The molecule has 1 aliphatic rings. The van der Waals surface area contributed by atoms with Gasteiger partial charge in [0.1, 0.15) is 17.7 Å². The molecular formula is C38H47N7O3. The van der Waals surface area contributed by atoms with Gasteiger partial charge in [0.2, 0.25) is 17.7 Å². The third-order valence-corrected chi connectivity index (χ3v) is 8.58. The van der Waals surface area contributed by atoms with Gasteiger partial charge in [-0.3, -0.25) is 14.4 Å². The maximum Gasteiger partial charge on any atom is 0.245 e. The number of nitrogens with zero attached hydrogens (tertiary/aromatic N) is 4. The van der Waals surface area contributed by atoms with Crippen LogP contribution < -0.4 is 5.32 Å². The summed E-state index contributed by atoms with van der Waals surface area (Å²) in [6.07, 6.45) is 5.03. The molecule has 252 valence electrons. The van der Waals surface area contributed by atoms with E-state index in [1.807, 2.05) is 68.1 Å². The Hall–Kier alpha value is -4.91. The molecule has 0 saturated carbocycles. The molecule has 48 heavy (non-hydrogen) atoms. The number of aromatic amines is 2. The molecule has 1 saturated heterocycles. The van der Waals surface area contributed by atoms with Gasteiger partial charge in [0.25, 0.3) is 0 Å². The minimum absolute atomic E-state index is 0.00676. The third kappa shape index (κ3) is 8.32. The first kappa shape index (κ1) is 34.4. The van der Waals surface area contributed by atoms with Crippen LogP contribution in [0.3, 0.4) is 0 Å². The zero-order valence-corrected chi connectivity index (χ0v) is 28.9. The number of carbonyl (C=O) groups excluding carboxylic acids is 3. The number of H-pyrrole nitrogens is 2. The Balaban J connectivity index is 1.25. The molecule has 0 aliphatic carbocycles. The van der Waals surface area contributed by atoms with Crippen LogP contribution in [0, 0.1) is 23.7 Å². The minimum atomic E-state index is -0.578. The van der Waals surface area contributed by atoms with Crippen molar-refractivity contribution < 1.29 is 14.4 Å². The number of likely N-dealkylation sites (tertiary alicyclic amines) is 1. The van der Waals surface area contributed by atoms with Crippen molar-refractivity contribution in [3.8, 4) is 23.1 Å². The molecule has 0 bridgehead atoms. The molecule has 3 amide bonds. The van der Waals surface area contributed by atoms with Crippen molar-refractivity contribution in [1.82, 2.24) is 35.1 Å². The molecule has 0 unspecified atom stereocenters. The fourth-order valence-electron chi connectivity index (χ4n) is 6.20. The number of hydrogen-bond acceptors (Lipinski definition) is 5. The summed E-state index contributed by atoms with van der Waals surface area (Å²) in [6, 6.07) is 13.3. The van der Waals surface area contributed by atoms with Crippen LogP contribution in [0.5, 0.6) is 0 Å². The molecule has 2 aromatic heterocycles. The monoisotopic (exact) mass is 649 g/mol. The fraction of sp³-hybridized carbons (Fsp3) is 0.447. The highest BCUT2D eigenvalue weighted by atomic mass is 16.2. The third-order valence-electron chi connectivity index (χ3n) is 8.58. The van der Waals surface area contributed by atoms with Gasteiger partial charge in [0.15, 0.2) is 0 Å². The topological polar surface area (TPSA) is 127 Å². The Kier molecular flexibility index (Phi) is 11.0. The van der Waals surface area contributed by atoms with Crippen molar-refractivity contribution in [2.75, 3.05) is 13.1 Å². The molecule has 2 aromatic carbocycles. The lowest BCUT2D eigenvalue weighted by Crippen LogP contribution is -2.50. The number of rotatable bonds is 11. The van der Waals surface area contributed by atoms with E-state index in [9.17, 15) is 14.4 Å². The molecule has 2 atom stereocenters. The van der Waals surface area contributed by atoms with Crippen molar-refractivity contribution in [1.29, 1.82) is 0 Å². The van der Waals surface area contributed by atoms with Gasteiger partial charge in [0, 0.05) is 37.6 Å². The molecule has 10 heteroatoms. The second-order valence-electron chi connectivity index (χ2n) is 13.5. The summed E-state index contributed by atoms with van der Waals surface area (Å²) in [4.78, 5) is 57.8. The maximum absolute atomic E-state index is 13.3. The van der Waals surface area contributed by atoms with Crippen LogP contribution in [0.4, 0.5) is 0 Å². The molecule has 5 rings (SSSR count). The molecule has 1 aliphatic heterocycles. The van der Waals surface area contributed by atoms with E-state index < -0.39 is 6.04 Å². The van der Waals surface area contributed by atoms with Gasteiger partial charge >= 0.3 is 0 Å². The Bertz CT molecular complexity index is 1810. The summed E-state index contributed by atoms with van der Waals surface area (Å²) in [6.45, 7) is 13.1. The Morgan fingerprint density at radius 1 is 1.04 bits per heavy atom. The average molecular weight is 650 g/mol. The smallest absolute Gasteiger partial charge is 0.245 e. The lowest BCUT2D eigenvalue weighted by Gasteiger charge is -2.29. The van der Waals surface area contributed by atoms with Gasteiger partial charge in [-0.15, -0.1) is 0 Å². The summed E-state index contributed by atoms with van der Waals surface area (Å²) < 4.78 is 0. The first-order valence-corrected chi connectivity index (χ1v) is 17.0. The molecule has 4 aromatic rings. The number of amides is 3. The van der Waals surface area contributed by atoms with Gasteiger partial charge in [-0.05, 0) is 67.0 Å². The van der Waals surface area contributed by atoms with Crippen molar-refractivity contribution >= 4 is 28.8 Å². The van der Waals surface area contributed by atoms with Gasteiger partial charge < -0.3 is 25.1 Å². The first-order valence-electron chi connectivity index (χ1n) is 17.0. The van der Waals surface area contributed by atoms with Crippen LogP contribution in [0.1, 0.15) is 96.0 Å². The zero-order chi connectivity index (χ0) is 34.4. The molecule has 1 fully saturated rings. The molecular weight excluding hydrogens is 602 g/mol. The number of hydrogen-bond donors (Lipinski definition) is 3. The number of nitrogens with one attached hydrogen (secondary N) is 3. The van der Waals surface area contributed by atoms with E-state index in [2.05, 4.69) is 46.0 Å². The van der Waals surface area contributed by atoms with Crippen molar-refractivity contribution in [3.63, 3.8) is 0 Å². The number of benzene rings is 2. The predicted octanol–water partition coefficient (Wildman–Crippen LogP) is 5.96. The summed E-state index contributed by atoms with van der Waals surface area (Å²) in [5.74, 6) is 8.23. The second-order valence-corrected chi connectivity index (χ2v) is 13.5. The van der Waals surface area contributed by atoms with Crippen LogP contribution in [0.15, 0.2) is 48.7 Å². The van der Waals surface area contributed by atoms with Crippen molar-refractivity contribution in [3.05, 3.63) is 71.4 Å². The van der Waals surface area contributed by atoms with Crippen LogP contribution >= 0.6 is 0 Å². The molecule has 10 nitrogen and oxygen atoms in total. The van der Waals surface area contributed by atoms with Gasteiger partial charge in [-0.25, -0.2) is 9.97 Å². The number of fused-ring (bicyclic) bond motifs is 1. The summed E-state index contributed by atoms with van der Waals surface area (Å²) >= 11 is 0. The maximum atomic E-state index is 13.3. The summed E-state index contributed by atoms with van der Waals surface area (Å²) in [7, 11) is 0. The molecule has 0 radical (unpaired) electrons. The SMILES string of the molecule is CCCN(Cc1ncc(-c2ccc(C#Cc3ccc4nc([C@@H]5CCCN5C(=O)CC(C)C)[nH]c4c3)cc2)[nH]1)C(=O)[C@@H](NC(C)=O)C(C)C. The normalized spacial score (nSPS) is 15.1. The van der Waals surface area contributed by atoms with E-state index in [-0.39, 0.29) is 29.7 Å². The van der Waals surface area contributed by atoms with Crippen LogP contribution in [-0.4, -0.2) is 66.6 Å². The highest BCUT2D eigenvalue weighted by molar-refractivity contribution is 5.87.